The molecule has 6 heteroatoms. The van der Waals surface area contributed by atoms with Crippen LogP contribution in [0.25, 0.3) is 0 Å². The Labute approximate surface area is 149 Å². The molecule has 136 valence electrons. The molecule has 1 aromatic heterocycles. The molecule has 1 saturated heterocycles. The van der Waals surface area contributed by atoms with Gasteiger partial charge in [-0.25, -0.2) is 4.98 Å². The summed E-state index contributed by atoms with van der Waals surface area (Å²) in [6, 6.07) is 7.92. The number of ether oxygens (including phenoxy) is 1. The first kappa shape index (κ1) is 17.9. The number of hydrogen-bond acceptors (Lipinski definition) is 5. The zero-order chi connectivity index (χ0) is 17.6. The summed E-state index contributed by atoms with van der Waals surface area (Å²) in [5, 5.41) is 10.2. The number of β-amino-alcohol motifs (C(OH)–C–C–N with tert-alkyl or cyclic N) is 1. The predicted octanol–water partition coefficient (Wildman–Crippen LogP) is 1.29. The molecule has 0 amide bonds. The first-order valence-corrected chi connectivity index (χ1v) is 8.88. The number of hydrogen-bond donors (Lipinski definition) is 1. The fourth-order valence-electron chi connectivity index (χ4n) is 3.06. The van der Waals surface area contributed by atoms with E-state index < -0.39 is 6.10 Å². The number of aliphatic hydroxyl groups is 1. The topological polar surface area (TPSA) is 53.8 Å². The van der Waals surface area contributed by atoms with Crippen LogP contribution in [0.2, 0.25) is 0 Å². The number of nitrogens with zero attached hydrogens (tertiary/aromatic N) is 4. The van der Waals surface area contributed by atoms with E-state index in [4.69, 9.17) is 4.74 Å². The normalized spacial score (nSPS) is 17.6. The summed E-state index contributed by atoms with van der Waals surface area (Å²) in [4.78, 5) is 9.10. The number of imidazole rings is 1. The minimum atomic E-state index is -0.470. The van der Waals surface area contributed by atoms with Crippen LogP contribution in [-0.4, -0.2) is 69.9 Å². The number of aliphatic hydroxyl groups excluding tert-OH is 1. The lowest BCUT2D eigenvalue weighted by Gasteiger charge is -2.35. The van der Waals surface area contributed by atoms with E-state index in [1.807, 2.05) is 50.6 Å². The van der Waals surface area contributed by atoms with Crippen molar-refractivity contribution in [1.29, 1.82) is 0 Å². The first-order chi connectivity index (χ1) is 12.1. The van der Waals surface area contributed by atoms with Gasteiger partial charge in [-0.3, -0.25) is 9.80 Å². The quantitative estimate of drug-likeness (QED) is 0.820. The summed E-state index contributed by atoms with van der Waals surface area (Å²) in [5.74, 6) is 1.91. The molecule has 2 heterocycles. The monoisotopic (exact) mass is 344 g/mol. The van der Waals surface area contributed by atoms with Gasteiger partial charge in [-0.1, -0.05) is 17.7 Å². The summed E-state index contributed by atoms with van der Waals surface area (Å²) in [7, 11) is 2.03. The lowest BCUT2D eigenvalue weighted by atomic mass is 10.2. The van der Waals surface area contributed by atoms with E-state index in [2.05, 4.69) is 19.4 Å². The van der Waals surface area contributed by atoms with Crippen molar-refractivity contribution in [3.63, 3.8) is 0 Å². The van der Waals surface area contributed by atoms with E-state index >= 15 is 0 Å². The Hall–Kier alpha value is -1.89. The van der Waals surface area contributed by atoms with Gasteiger partial charge in [0.1, 0.15) is 24.3 Å². The van der Waals surface area contributed by atoms with Crippen molar-refractivity contribution in [1.82, 2.24) is 19.4 Å². The zero-order valence-corrected chi connectivity index (χ0v) is 15.1. The summed E-state index contributed by atoms with van der Waals surface area (Å²) < 4.78 is 7.74. The molecule has 0 radical (unpaired) electrons. The third-order valence-corrected chi connectivity index (χ3v) is 4.68. The SMILES string of the molecule is Cc1ccc(OC[C@H](O)CN2CCN(Cc3nccn3C)CC2)cc1. The molecule has 25 heavy (non-hydrogen) atoms. The van der Waals surface area contributed by atoms with Gasteiger partial charge in [0.25, 0.3) is 0 Å². The molecule has 1 fully saturated rings. The van der Waals surface area contributed by atoms with Crippen LogP contribution in [0.15, 0.2) is 36.7 Å². The van der Waals surface area contributed by atoms with Crippen LogP contribution >= 0.6 is 0 Å². The summed E-state index contributed by atoms with van der Waals surface area (Å²) >= 11 is 0. The second kappa shape index (κ2) is 8.47. The maximum absolute atomic E-state index is 10.2. The first-order valence-electron chi connectivity index (χ1n) is 8.88. The molecule has 1 aliphatic rings. The minimum Gasteiger partial charge on any atom is -0.491 e. The number of aromatic nitrogens is 2. The van der Waals surface area contributed by atoms with E-state index in [-0.39, 0.29) is 0 Å². The molecule has 0 bridgehead atoms. The molecule has 1 atom stereocenters. The van der Waals surface area contributed by atoms with Crippen molar-refractivity contribution < 1.29 is 9.84 Å². The van der Waals surface area contributed by atoms with Gasteiger partial charge in [-0.05, 0) is 19.1 Å². The largest absolute Gasteiger partial charge is 0.491 e. The Morgan fingerprint density at radius 3 is 2.44 bits per heavy atom. The van der Waals surface area contributed by atoms with Crippen LogP contribution < -0.4 is 4.74 Å². The molecule has 0 unspecified atom stereocenters. The summed E-state index contributed by atoms with van der Waals surface area (Å²) in [6.07, 6.45) is 3.36. The molecule has 0 saturated carbocycles. The highest BCUT2D eigenvalue weighted by molar-refractivity contribution is 5.26. The van der Waals surface area contributed by atoms with E-state index in [9.17, 15) is 5.11 Å². The summed E-state index contributed by atoms with van der Waals surface area (Å²) in [5.41, 5.74) is 1.20. The average molecular weight is 344 g/mol. The number of piperazine rings is 1. The van der Waals surface area contributed by atoms with Gasteiger partial charge in [0.15, 0.2) is 0 Å². The third kappa shape index (κ3) is 5.29. The smallest absolute Gasteiger partial charge is 0.122 e. The van der Waals surface area contributed by atoms with Crippen molar-refractivity contribution in [2.24, 2.45) is 7.05 Å². The number of rotatable bonds is 7. The third-order valence-electron chi connectivity index (χ3n) is 4.68. The van der Waals surface area contributed by atoms with Gasteiger partial charge in [0.2, 0.25) is 0 Å². The zero-order valence-electron chi connectivity index (χ0n) is 15.1. The van der Waals surface area contributed by atoms with Crippen molar-refractivity contribution in [3.05, 3.63) is 48.0 Å². The van der Waals surface area contributed by atoms with Gasteiger partial charge < -0.3 is 14.4 Å². The fraction of sp³-hybridized carbons (Fsp3) is 0.526. The molecule has 1 aromatic carbocycles. The van der Waals surface area contributed by atoms with Crippen LogP contribution in [-0.2, 0) is 13.6 Å². The van der Waals surface area contributed by atoms with Gasteiger partial charge >= 0.3 is 0 Å². The van der Waals surface area contributed by atoms with Crippen LogP contribution in [0.3, 0.4) is 0 Å². The van der Waals surface area contributed by atoms with Crippen LogP contribution in [0.5, 0.6) is 5.75 Å². The molecular formula is C19H28N4O2. The molecule has 0 aliphatic carbocycles. The Bertz CT molecular complexity index is 648. The molecule has 2 aromatic rings. The molecular weight excluding hydrogens is 316 g/mol. The maximum Gasteiger partial charge on any atom is 0.122 e. The van der Waals surface area contributed by atoms with Crippen molar-refractivity contribution in [3.8, 4) is 5.75 Å². The highest BCUT2D eigenvalue weighted by atomic mass is 16.5. The van der Waals surface area contributed by atoms with Crippen LogP contribution in [0, 0.1) is 6.92 Å². The fourth-order valence-corrected chi connectivity index (χ4v) is 3.06. The Morgan fingerprint density at radius 1 is 1.12 bits per heavy atom. The van der Waals surface area contributed by atoms with Crippen LogP contribution in [0.1, 0.15) is 11.4 Å². The number of aryl methyl sites for hydroxylation is 2. The second-order valence-corrected chi connectivity index (χ2v) is 6.81. The lowest BCUT2D eigenvalue weighted by Crippen LogP contribution is -2.49. The number of benzene rings is 1. The van der Waals surface area contributed by atoms with Crippen molar-refractivity contribution >= 4 is 0 Å². The molecule has 1 aliphatic heterocycles. The summed E-state index contributed by atoms with van der Waals surface area (Å²) in [6.45, 7) is 7.84. The van der Waals surface area contributed by atoms with Gasteiger partial charge in [-0.2, -0.15) is 0 Å². The van der Waals surface area contributed by atoms with Crippen molar-refractivity contribution in [2.45, 2.75) is 19.6 Å². The van der Waals surface area contributed by atoms with Gasteiger partial charge in [0, 0.05) is 52.2 Å². The van der Waals surface area contributed by atoms with Crippen molar-refractivity contribution in [2.75, 3.05) is 39.3 Å². The highest BCUT2D eigenvalue weighted by Gasteiger charge is 2.20. The minimum absolute atomic E-state index is 0.330. The molecule has 6 nitrogen and oxygen atoms in total. The van der Waals surface area contributed by atoms with Gasteiger partial charge in [-0.15, -0.1) is 0 Å². The molecule has 3 rings (SSSR count). The Kier molecular flexibility index (Phi) is 6.07. The molecule has 0 spiro atoms. The van der Waals surface area contributed by atoms with E-state index in [0.29, 0.717) is 13.2 Å². The average Bonchev–Trinajstić information content (AvgIpc) is 3.01. The van der Waals surface area contributed by atoms with E-state index in [1.165, 1.54) is 5.56 Å². The van der Waals surface area contributed by atoms with E-state index in [0.717, 1.165) is 44.3 Å². The van der Waals surface area contributed by atoms with E-state index in [1.54, 1.807) is 0 Å². The van der Waals surface area contributed by atoms with Gasteiger partial charge in [0.05, 0.1) is 6.54 Å². The Morgan fingerprint density at radius 2 is 1.80 bits per heavy atom. The predicted molar refractivity (Wildman–Crippen MR) is 97.6 cm³/mol. The highest BCUT2D eigenvalue weighted by Crippen LogP contribution is 2.12. The second-order valence-electron chi connectivity index (χ2n) is 6.81. The lowest BCUT2D eigenvalue weighted by molar-refractivity contribution is 0.0440. The standard InChI is InChI=1S/C19H28N4O2/c1-16-3-5-18(6-4-16)25-15-17(24)13-22-9-11-23(12-10-22)14-19-20-7-8-21(19)2/h3-8,17,24H,9-15H2,1-2H3/t17-/m1/s1. The van der Waals surface area contributed by atoms with Crippen LogP contribution in [0.4, 0.5) is 0 Å². The maximum atomic E-state index is 10.2. The molecule has 1 N–H and O–H groups in total. The Balaban J connectivity index is 1.36.